The molecule has 15 nitrogen and oxygen atoms in total. The fraction of sp³-hybridized carbons (Fsp3) is 0.707. The summed E-state index contributed by atoms with van der Waals surface area (Å²) >= 11 is 0. The van der Waals surface area contributed by atoms with E-state index in [9.17, 15) is 43.8 Å². The Morgan fingerprint density at radius 2 is 0.810 bits per heavy atom. The zero-order chi connectivity index (χ0) is 43.2. The number of allylic oxidation sites excluding steroid dienone is 10. The number of hydrogen-bond donors (Lipinski definition) is 5. The second-order valence-corrected chi connectivity index (χ2v) is 16.6. The molecule has 0 aliphatic heterocycles. The number of aliphatic hydroxyl groups is 3. The van der Waals surface area contributed by atoms with Crippen LogP contribution in [0.4, 0.5) is 0 Å². The van der Waals surface area contributed by atoms with Gasteiger partial charge < -0.3 is 34.6 Å². The van der Waals surface area contributed by atoms with Crippen LogP contribution in [0.5, 0.6) is 0 Å². The van der Waals surface area contributed by atoms with E-state index >= 15 is 0 Å². The van der Waals surface area contributed by atoms with Crippen molar-refractivity contribution in [3.63, 3.8) is 0 Å². The molecule has 17 heteroatoms. The molecule has 0 saturated carbocycles. The predicted molar refractivity (Wildman–Crippen MR) is 224 cm³/mol. The first kappa shape index (κ1) is 55.7. The quantitative estimate of drug-likeness (QED) is 0.0129. The van der Waals surface area contributed by atoms with Crippen LogP contribution in [0.1, 0.15) is 129 Å². The highest BCUT2D eigenvalue weighted by Gasteiger charge is 2.28. The van der Waals surface area contributed by atoms with Crippen LogP contribution in [0.25, 0.3) is 0 Å². The van der Waals surface area contributed by atoms with E-state index in [1.54, 1.807) is 0 Å². The van der Waals surface area contributed by atoms with Crippen molar-refractivity contribution in [1.82, 2.24) is 0 Å². The molecule has 0 spiro atoms. The Balaban J connectivity index is 4.01. The summed E-state index contributed by atoms with van der Waals surface area (Å²) in [6, 6.07) is 0. The number of carbonyl (C=O) groups excluding carboxylic acids is 2. The van der Waals surface area contributed by atoms with Crippen LogP contribution in [0.15, 0.2) is 60.8 Å². The number of ether oxygens (including phenoxy) is 2. The van der Waals surface area contributed by atoms with Gasteiger partial charge in [-0.1, -0.05) is 120 Å². The Morgan fingerprint density at radius 1 is 0.466 bits per heavy atom. The van der Waals surface area contributed by atoms with E-state index in [0.717, 1.165) is 51.4 Å². The monoisotopic (exact) mass is 866 g/mol. The van der Waals surface area contributed by atoms with Crippen molar-refractivity contribution >= 4 is 27.6 Å². The fourth-order valence-electron chi connectivity index (χ4n) is 4.80. The molecule has 0 bridgehead atoms. The van der Waals surface area contributed by atoms with Crippen LogP contribution in [0.2, 0.25) is 0 Å². The third-order valence-electron chi connectivity index (χ3n) is 8.05. The van der Waals surface area contributed by atoms with E-state index in [2.05, 4.69) is 50.2 Å². The first-order valence-electron chi connectivity index (χ1n) is 20.7. The first-order valence-corrected chi connectivity index (χ1v) is 23.7. The summed E-state index contributed by atoms with van der Waals surface area (Å²) in [5, 5.41) is 29.9. The summed E-state index contributed by atoms with van der Waals surface area (Å²) in [5.41, 5.74) is 0. The standard InChI is InChI=1S/C41H72O15P2/c1-3-5-7-9-11-13-15-17-19-21-23-25-27-29-40(45)51-31-37(42)33-53-57(47,48)55-35-39(44)36-56-58(49,50)54-34-38(43)32-52-41(46)30-28-26-24-22-20-18-16-14-12-10-8-6-4-2/h5,7,9,11,13,15,17-20,37-39,42-44H,3-4,6,8,10,12,14,16,21-36H2,1-2H3,(H,47,48)(H,49,50)/b7-5+,11-9+,15-13-,19-17-,20-18-. The van der Waals surface area contributed by atoms with Gasteiger partial charge in [-0.05, 0) is 57.8 Å². The van der Waals surface area contributed by atoms with Crippen molar-refractivity contribution < 1.29 is 71.4 Å². The fourth-order valence-corrected chi connectivity index (χ4v) is 6.39. The van der Waals surface area contributed by atoms with Gasteiger partial charge in [-0.2, -0.15) is 0 Å². The number of phosphoric acid groups is 2. The Bertz CT molecular complexity index is 1280. The van der Waals surface area contributed by atoms with E-state index in [4.69, 9.17) is 9.47 Å². The lowest BCUT2D eigenvalue weighted by Crippen LogP contribution is -2.25. The van der Waals surface area contributed by atoms with Crippen molar-refractivity contribution in [3.05, 3.63) is 60.8 Å². The molecule has 0 saturated heterocycles. The normalized spacial score (nSPS) is 16.1. The van der Waals surface area contributed by atoms with Crippen molar-refractivity contribution in [1.29, 1.82) is 0 Å². The Hall–Kier alpha value is -2.26. The molecular weight excluding hydrogens is 794 g/mol. The van der Waals surface area contributed by atoms with Gasteiger partial charge in [0, 0.05) is 12.8 Å². The van der Waals surface area contributed by atoms with Gasteiger partial charge in [-0.15, -0.1) is 0 Å². The highest BCUT2D eigenvalue weighted by molar-refractivity contribution is 7.47. The average molecular weight is 867 g/mol. The Labute approximate surface area is 346 Å². The maximum absolute atomic E-state index is 12.1. The molecule has 0 aromatic rings. The summed E-state index contributed by atoms with van der Waals surface area (Å²) in [6.45, 7) is 0.159. The van der Waals surface area contributed by atoms with Crippen LogP contribution in [0, 0.1) is 0 Å². The van der Waals surface area contributed by atoms with Gasteiger partial charge in [0.25, 0.3) is 0 Å². The number of phosphoric ester groups is 2. The maximum atomic E-state index is 12.1. The zero-order valence-electron chi connectivity index (χ0n) is 34.7. The van der Waals surface area contributed by atoms with Crippen LogP contribution in [-0.4, -0.2) is 95.0 Å². The molecular formula is C41H72O15P2. The molecule has 0 fully saturated rings. The largest absolute Gasteiger partial charge is 0.472 e. The average Bonchev–Trinajstić information content (AvgIpc) is 3.19. The summed E-state index contributed by atoms with van der Waals surface area (Å²) in [6.07, 6.45) is 32.3. The first-order chi connectivity index (χ1) is 27.8. The second kappa shape index (κ2) is 37.7. The molecule has 0 aliphatic carbocycles. The van der Waals surface area contributed by atoms with E-state index in [-0.39, 0.29) is 12.8 Å². The smallest absolute Gasteiger partial charge is 0.463 e. The van der Waals surface area contributed by atoms with Gasteiger partial charge in [-0.3, -0.25) is 27.7 Å². The second-order valence-electron chi connectivity index (χ2n) is 13.7. The molecule has 0 aromatic heterocycles. The molecule has 58 heavy (non-hydrogen) atoms. The number of esters is 2. The molecule has 0 aromatic carbocycles. The topological polar surface area (TPSA) is 225 Å². The molecule has 0 heterocycles. The molecule has 5 atom stereocenters. The number of unbranched alkanes of at least 4 members (excludes halogenated alkanes) is 12. The van der Waals surface area contributed by atoms with Crippen molar-refractivity contribution in [2.45, 2.75) is 148 Å². The number of rotatable bonds is 39. The van der Waals surface area contributed by atoms with Crippen LogP contribution in [0.3, 0.4) is 0 Å². The van der Waals surface area contributed by atoms with Gasteiger partial charge in [0.15, 0.2) is 0 Å². The zero-order valence-corrected chi connectivity index (χ0v) is 36.5. The molecule has 0 aliphatic rings. The van der Waals surface area contributed by atoms with Gasteiger partial charge in [0.2, 0.25) is 0 Å². The third-order valence-corrected chi connectivity index (χ3v) is 9.95. The van der Waals surface area contributed by atoms with Crippen molar-refractivity contribution in [2.75, 3.05) is 39.6 Å². The van der Waals surface area contributed by atoms with Gasteiger partial charge in [-0.25, -0.2) is 9.13 Å². The molecule has 5 unspecified atom stereocenters. The number of hydrogen-bond acceptors (Lipinski definition) is 13. The minimum Gasteiger partial charge on any atom is -0.463 e. The predicted octanol–water partition coefficient (Wildman–Crippen LogP) is 8.27. The summed E-state index contributed by atoms with van der Waals surface area (Å²) < 4.78 is 52.7. The number of carbonyl (C=O) groups is 2. The minimum absolute atomic E-state index is 0.148. The maximum Gasteiger partial charge on any atom is 0.472 e. The van der Waals surface area contributed by atoms with E-state index < -0.39 is 85.5 Å². The van der Waals surface area contributed by atoms with Gasteiger partial charge in [0.05, 0.1) is 26.4 Å². The van der Waals surface area contributed by atoms with Crippen molar-refractivity contribution in [2.24, 2.45) is 0 Å². The molecule has 0 radical (unpaired) electrons. The SMILES string of the molecule is CC/C=C/C=C/C=C\C=C/CCCCCC(=O)OCC(O)COP(=O)(O)OCC(O)COP(=O)(O)OCC(O)COC(=O)CCCCC/C=C\CCCCCCCC. The number of aliphatic hydroxyl groups excluding tert-OH is 3. The summed E-state index contributed by atoms with van der Waals surface area (Å²) in [5.74, 6) is -1.05. The summed E-state index contributed by atoms with van der Waals surface area (Å²) in [7, 11) is -9.58. The van der Waals surface area contributed by atoms with E-state index in [0.29, 0.717) is 12.8 Å². The lowest BCUT2D eigenvalue weighted by Gasteiger charge is -2.19. The molecule has 0 amide bonds. The third kappa shape index (κ3) is 39.2. The minimum atomic E-state index is -4.79. The lowest BCUT2D eigenvalue weighted by molar-refractivity contribution is -0.148. The Morgan fingerprint density at radius 3 is 1.24 bits per heavy atom. The Kier molecular flexibility index (Phi) is 36.2. The van der Waals surface area contributed by atoms with Gasteiger partial charge >= 0.3 is 27.6 Å². The highest BCUT2D eigenvalue weighted by atomic mass is 31.2. The van der Waals surface area contributed by atoms with Crippen LogP contribution >= 0.6 is 15.6 Å². The summed E-state index contributed by atoms with van der Waals surface area (Å²) in [4.78, 5) is 43.5. The van der Waals surface area contributed by atoms with Gasteiger partial charge in [0.1, 0.15) is 31.5 Å². The van der Waals surface area contributed by atoms with E-state index in [1.807, 2.05) is 42.5 Å². The van der Waals surface area contributed by atoms with E-state index in [1.165, 1.54) is 38.5 Å². The lowest BCUT2D eigenvalue weighted by atomic mass is 10.1. The van der Waals surface area contributed by atoms with Crippen LogP contribution < -0.4 is 0 Å². The van der Waals surface area contributed by atoms with Crippen LogP contribution in [-0.2, 0) is 46.3 Å². The molecule has 336 valence electrons. The van der Waals surface area contributed by atoms with Crippen molar-refractivity contribution in [3.8, 4) is 0 Å². The highest BCUT2D eigenvalue weighted by Crippen LogP contribution is 2.45. The molecule has 0 rings (SSSR count). The molecule has 5 N–H and O–H groups in total.